The topological polar surface area (TPSA) is 82.6 Å². The maximum atomic E-state index is 11.9. The summed E-state index contributed by atoms with van der Waals surface area (Å²) in [7, 11) is 1.80. The lowest BCUT2D eigenvalue weighted by Crippen LogP contribution is -2.47. The predicted octanol–water partition coefficient (Wildman–Crippen LogP) is 2.35. The van der Waals surface area contributed by atoms with Crippen LogP contribution in [0.3, 0.4) is 0 Å². The van der Waals surface area contributed by atoms with E-state index in [0.29, 0.717) is 6.61 Å². The molecule has 146 valence electrons. The van der Waals surface area contributed by atoms with E-state index in [2.05, 4.69) is 25.2 Å². The molecule has 1 aromatic carbocycles. The van der Waals surface area contributed by atoms with Gasteiger partial charge in [-0.1, -0.05) is 12.1 Å². The van der Waals surface area contributed by atoms with Crippen molar-refractivity contribution in [3.63, 3.8) is 0 Å². The number of nitrogens with one attached hydrogen (secondary N) is 2. The van der Waals surface area contributed by atoms with Crippen molar-refractivity contribution in [2.45, 2.75) is 32.6 Å². The van der Waals surface area contributed by atoms with Crippen molar-refractivity contribution in [3.8, 4) is 0 Å². The Bertz CT molecular complexity index is 745. The molecule has 2 N–H and O–H groups in total. The number of carbonyl (C=O) groups is 1. The van der Waals surface area contributed by atoms with Gasteiger partial charge in [0.2, 0.25) is 0 Å². The van der Waals surface area contributed by atoms with Crippen molar-refractivity contribution in [2.24, 2.45) is 10.9 Å². The molecule has 2 aromatic rings. The summed E-state index contributed by atoms with van der Waals surface area (Å²) in [6, 6.07) is 8.09. The molecule has 7 heteroatoms. The van der Waals surface area contributed by atoms with Gasteiger partial charge in [0.05, 0.1) is 23.6 Å². The fraction of sp³-hybridized carbons (Fsp3) is 0.550. The minimum atomic E-state index is -0.0640. The minimum Gasteiger partial charge on any atom is -0.466 e. The van der Waals surface area contributed by atoms with E-state index in [1.54, 1.807) is 7.05 Å². The number of para-hydroxylation sites is 2. The van der Waals surface area contributed by atoms with Crippen LogP contribution >= 0.6 is 0 Å². The number of likely N-dealkylation sites (tertiary alicyclic amines) is 1. The van der Waals surface area contributed by atoms with Gasteiger partial charge in [-0.15, -0.1) is 0 Å². The highest BCUT2D eigenvalue weighted by Gasteiger charge is 2.27. The number of aliphatic imine (C=N–C) groups is 1. The summed E-state index contributed by atoms with van der Waals surface area (Å²) in [6.07, 6.45) is 3.50. The van der Waals surface area contributed by atoms with Crippen molar-refractivity contribution in [3.05, 3.63) is 30.1 Å². The minimum absolute atomic E-state index is 0.0207. The number of carbonyl (C=O) groups excluding carboxylic acids is 1. The highest BCUT2D eigenvalue weighted by atomic mass is 16.5. The van der Waals surface area contributed by atoms with E-state index in [4.69, 9.17) is 4.74 Å². The number of hydrogen-bond acceptors (Lipinski definition) is 4. The first kappa shape index (κ1) is 19.2. The summed E-state index contributed by atoms with van der Waals surface area (Å²) in [5, 5.41) is 3.43. The Kier molecular flexibility index (Phi) is 6.68. The zero-order valence-corrected chi connectivity index (χ0v) is 16.2. The standard InChI is InChI=1S/C20H29N5O2/c1-3-27-19(26)15-10-13-25(14-11-15)20(21-2)22-12-6-9-18-23-16-7-4-5-8-17(16)24-18/h4-5,7-8,15H,3,6,9-14H2,1-2H3,(H,21,22)(H,23,24). The molecule has 0 amide bonds. The van der Waals surface area contributed by atoms with Gasteiger partial charge in [-0.3, -0.25) is 9.79 Å². The van der Waals surface area contributed by atoms with Gasteiger partial charge in [0.15, 0.2) is 5.96 Å². The molecule has 1 aliphatic rings. The number of H-pyrrole nitrogens is 1. The predicted molar refractivity (Wildman–Crippen MR) is 107 cm³/mol. The second-order valence-corrected chi connectivity index (χ2v) is 6.79. The first-order chi connectivity index (χ1) is 13.2. The average molecular weight is 371 g/mol. The molecule has 1 fully saturated rings. The van der Waals surface area contributed by atoms with Gasteiger partial charge in [-0.2, -0.15) is 0 Å². The van der Waals surface area contributed by atoms with Crippen molar-refractivity contribution in [1.29, 1.82) is 0 Å². The second-order valence-electron chi connectivity index (χ2n) is 6.79. The molecule has 0 bridgehead atoms. The van der Waals surface area contributed by atoms with Crippen LogP contribution in [0.1, 0.15) is 32.0 Å². The number of guanidine groups is 1. The Morgan fingerprint density at radius 1 is 1.37 bits per heavy atom. The SMILES string of the molecule is CCOC(=O)C1CCN(C(=NC)NCCCc2nc3ccccc3[nH]2)CC1. The van der Waals surface area contributed by atoms with Gasteiger partial charge in [0.1, 0.15) is 5.82 Å². The number of aryl methyl sites for hydroxylation is 1. The normalized spacial score (nSPS) is 15.9. The van der Waals surface area contributed by atoms with Crippen molar-refractivity contribution >= 4 is 23.0 Å². The van der Waals surface area contributed by atoms with Crippen LogP contribution in [0.4, 0.5) is 0 Å². The molecule has 0 saturated carbocycles. The van der Waals surface area contributed by atoms with E-state index in [1.807, 2.05) is 31.2 Å². The molecular formula is C20H29N5O2. The fourth-order valence-corrected chi connectivity index (χ4v) is 3.50. The monoisotopic (exact) mass is 371 g/mol. The molecule has 27 heavy (non-hydrogen) atoms. The second kappa shape index (κ2) is 9.39. The number of fused-ring (bicyclic) bond motifs is 1. The van der Waals surface area contributed by atoms with Crippen molar-refractivity contribution in [1.82, 2.24) is 20.2 Å². The third kappa shape index (κ3) is 4.99. The number of hydrogen-bond donors (Lipinski definition) is 2. The van der Waals surface area contributed by atoms with Crippen LogP contribution in [0.2, 0.25) is 0 Å². The van der Waals surface area contributed by atoms with Gasteiger partial charge < -0.3 is 19.9 Å². The van der Waals surface area contributed by atoms with Gasteiger partial charge >= 0.3 is 5.97 Å². The maximum Gasteiger partial charge on any atom is 0.309 e. The number of nitrogens with zero attached hydrogens (tertiary/aromatic N) is 3. The van der Waals surface area contributed by atoms with Crippen LogP contribution in [-0.4, -0.2) is 60.1 Å². The Balaban J connectivity index is 1.41. The summed E-state index contributed by atoms with van der Waals surface area (Å²) in [5.41, 5.74) is 2.10. The maximum absolute atomic E-state index is 11.9. The van der Waals surface area contributed by atoms with Gasteiger partial charge in [0.25, 0.3) is 0 Å². The lowest BCUT2D eigenvalue weighted by molar-refractivity contribution is -0.149. The average Bonchev–Trinajstić information content (AvgIpc) is 3.11. The summed E-state index contributed by atoms with van der Waals surface area (Å²) in [5.74, 6) is 1.88. The molecule has 7 nitrogen and oxygen atoms in total. The molecule has 1 aromatic heterocycles. The smallest absolute Gasteiger partial charge is 0.309 e. The van der Waals surface area contributed by atoms with E-state index < -0.39 is 0 Å². The van der Waals surface area contributed by atoms with E-state index in [9.17, 15) is 4.79 Å². The Morgan fingerprint density at radius 3 is 2.85 bits per heavy atom. The summed E-state index contributed by atoms with van der Waals surface area (Å²) >= 11 is 0. The number of imidazole rings is 1. The summed E-state index contributed by atoms with van der Waals surface area (Å²) in [4.78, 5) is 26.4. The Morgan fingerprint density at radius 2 is 2.15 bits per heavy atom. The van der Waals surface area contributed by atoms with Crippen molar-refractivity contribution < 1.29 is 9.53 Å². The molecule has 0 spiro atoms. The highest BCUT2D eigenvalue weighted by molar-refractivity contribution is 5.80. The number of aromatic amines is 1. The van der Waals surface area contributed by atoms with E-state index >= 15 is 0 Å². The van der Waals surface area contributed by atoms with Gasteiger partial charge in [-0.05, 0) is 38.3 Å². The van der Waals surface area contributed by atoms with Crippen molar-refractivity contribution in [2.75, 3.05) is 33.3 Å². The number of piperidine rings is 1. The van der Waals surface area contributed by atoms with E-state index in [-0.39, 0.29) is 11.9 Å². The number of aromatic nitrogens is 2. The Labute approximate surface area is 160 Å². The third-order valence-corrected chi connectivity index (χ3v) is 4.94. The zero-order valence-electron chi connectivity index (χ0n) is 16.2. The lowest BCUT2D eigenvalue weighted by Gasteiger charge is -2.33. The summed E-state index contributed by atoms with van der Waals surface area (Å²) in [6.45, 7) is 4.79. The fourth-order valence-electron chi connectivity index (χ4n) is 3.50. The highest BCUT2D eigenvalue weighted by Crippen LogP contribution is 2.18. The van der Waals surface area contributed by atoms with Crippen LogP contribution in [-0.2, 0) is 16.0 Å². The van der Waals surface area contributed by atoms with Gasteiger partial charge in [-0.25, -0.2) is 4.98 Å². The van der Waals surface area contributed by atoms with Crippen LogP contribution in [0.5, 0.6) is 0 Å². The van der Waals surface area contributed by atoms with Gasteiger partial charge in [0, 0.05) is 33.1 Å². The van der Waals surface area contributed by atoms with Crippen LogP contribution in [0, 0.1) is 5.92 Å². The summed E-state index contributed by atoms with van der Waals surface area (Å²) < 4.78 is 5.13. The first-order valence-electron chi connectivity index (χ1n) is 9.77. The molecule has 0 aliphatic carbocycles. The third-order valence-electron chi connectivity index (χ3n) is 4.94. The zero-order chi connectivity index (χ0) is 19.1. The van der Waals surface area contributed by atoms with Crippen LogP contribution in [0.25, 0.3) is 11.0 Å². The molecule has 1 saturated heterocycles. The molecule has 1 aliphatic heterocycles. The molecule has 0 radical (unpaired) electrons. The number of benzene rings is 1. The molecular weight excluding hydrogens is 342 g/mol. The largest absolute Gasteiger partial charge is 0.466 e. The number of ether oxygens (including phenoxy) is 1. The lowest BCUT2D eigenvalue weighted by atomic mass is 9.97. The molecule has 0 atom stereocenters. The van der Waals surface area contributed by atoms with Crippen LogP contribution in [0.15, 0.2) is 29.3 Å². The quantitative estimate of drug-likeness (QED) is 0.352. The number of esters is 1. The van der Waals surface area contributed by atoms with E-state index in [1.165, 1.54) is 0 Å². The Hall–Kier alpha value is -2.57. The molecule has 0 unspecified atom stereocenters. The molecule has 3 rings (SSSR count). The molecule has 2 heterocycles. The number of rotatable bonds is 6. The van der Waals surface area contributed by atoms with E-state index in [0.717, 1.165) is 68.1 Å². The first-order valence-corrected chi connectivity index (χ1v) is 9.77. The van der Waals surface area contributed by atoms with Crippen LogP contribution < -0.4 is 5.32 Å².